The molecule has 1 heterocycles. The van der Waals surface area contributed by atoms with Crippen LogP contribution in [0.25, 0.3) is 0 Å². The zero-order chi connectivity index (χ0) is 7.83. The van der Waals surface area contributed by atoms with Crippen LogP contribution in [0.4, 0.5) is 0 Å². The van der Waals surface area contributed by atoms with E-state index in [0.29, 0.717) is 0 Å². The van der Waals surface area contributed by atoms with E-state index in [-0.39, 0.29) is 5.41 Å². The van der Waals surface area contributed by atoms with Gasteiger partial charge in [0.1, 0.15) is 0 Å². The number of rotatable bonds is 0. The third-order valence-corrected chi connectivity index (χ3v) is 2.07. The van der Waals surface area contributed by atoms with E-state index in [4.69, 9.17) is 11.6 Å². The Morgan fingerprint density at radius 1 is 1.10 bits per heavy atom. The van der Waals surface area contributed by atoms with Crippen molar-refractivity contribution < 1.29 is 0 Å². The van der Waals surface area contributed by atoms with Gasteiger partial charge in [0.25, 0.3) is 5.12 Å². The molecule has 0 aromatic rings. The fraction of sp³-hybridized carbons (Fsp3) is 1.00. The van der Waals surface area contributed by atoms with Gasteiger partial charge in [0.2, 0.25) is 0 Å². The van der Waals surface area contributed by atoms with Crippen LogP contribution in [0.2, 0.25) is 0 Å². The maximum absolute atomic E-state index is 5.93. The molecule has 0 aromatic heterocycles. The highest BCUT2D eigenvalue weighted by molar-refractivity contribution is 6.24. The van der Waals surface area contributed by atoms with Crippen LogP contribution >= 0.6 is 11.6 Å². The van der Waals surface area contributed by atoms with Gasteiger partial charge in [0.05, 0.1) is 0 Å². The van der Waals surface area contributed by atoms with E-state index in [0.717, 1.165) is 0 Å². The normalized spacial score (nSPS) is 22.0. The minimum atomic E-state index is -0.979. The van der Waals surface area contributed by atoms with Crippen LogP contribution in [0.3, 0.4) is 0 Å². The highest BCUT2D eigenvalue weighted by Gasteiger charge is 2.43. The Balaban J connectivity index is 2.90. The summed E-state index contributed by atoms with van der Waals surface area (Å²) in [7, 11) is 0. The Kier molecular flexibility index (Phi) is 1.51. The number of hydrogen-bond donors (Lipinski definition) is 0. The Morgan fingerprint density at radius 3 is 1.70 bits per heavy atom. The second-order valence-corrected chi connectivity index (χ2v) is 3.74. The van der Waals surface area contributed by atoms with Crippen molar-refractivity contribution in [2.24, 2.45) is 26.1 Å². The summed E-state index contributed by atoms with van der Waals surface area (Å²) in [4.78, 5) is 0. The average Bonchev–Trinajstić information content (AvgIpc) is 2.13. The molecule has 0 fully saturated rings. The van der Waals surface area contributed by atoms with Gasteiger partial charge in [-0.1, -0.05) is 32.4 Å². The minimum Gasteiger partial charge on any atom is -0.117 e. The van der Waals surface area contributed by atoms with Crippen LogP contribution in [0.15, 0.2) is 20.7 Å². The predicted molar refractivity (Wildman–Crippen MR) is 37.8 cm³/mol. The molecule has 0 saturated carbocycles. The van der Waals surface area contributed by atoms with Gasteiger partial charge in [-0.2, -0.15) is 0 Å². The van der Waals surface area contributed by atoms with Gasteiger partial charge in [-0.05, 0) is 10.4 Å². The molecule has 0 aliphatic carbocycles. The van der Waals surface area contributed by atoms with Gasteiger partial charge < -0.3 is 0 Å². The average molecular weight is 161 g/mol. The summed E-state index contributed by atoms with van der Waals surface area (Å²) in [6, 6.07) is 0. The first-order chi connectivity index (χ1) is 4.46. The zero-order valence-corrected chi connectivity index (χ0v) is 6.92. The summed E-state index contributed by atoms with van der Waals surface area (Å²) < 4.78 is 0. The summed E-state index contributed by atoms with van der Waals surface area (Å²) in [5.74, 6) is 0. The first-order valence-electron chi connectivity index (χ1n) is 2.99. The molecule has 1 aliphatic rings. The van der Waals surface area contributed by atoms with E-state index in [1.807, 2.05) is 20.8 Å². The van der Waals surface area contributed by atoms with Crippen LogP contribution in [0.1, 0.15) is 20.8 Å². The summed E-state index contributed by atoms with van der Waals surface area (Å²) >= 11 is 5.93. The second-order valence-electron chi connectivity index (χ2n) is 3.22. The number of alkyl halides is 1. The molecule has 5 heteroatoms. The molecule has 0 unspecified atom stereocenters. The van der Waals surface area contributed by atoms with Gasteiger partial charge in [-0.15, -0.1) is 10.2 Å². The van der Waals surface area contributed by atoms with Crippen molar-refractivity contribution >= 4 is 11.6 Å². The van der Waals surface area contributed by atoms with Crippen LogP contribution in [0, 0.1) is 5.41 Å². The monoisotopic (exact) mass is 160 g/mol. The zero-order valence-electron chi connectivity index (χ0n) is 6.17. The fourth-order valence-electron chi connectivity index (χ4n) is 0.479. The Morgan fingerprint density at radius 2 is 1.50 bits per heavy atom. The van der Waals surface area contributed by atoms with Gasteiger partial charge in [0.15, 0.2) is 0 Å². The molecule has 0 atom stereocenters. The smallest absolute Gasteiger partial charge is 0.117 e. The third kappa shape index (κ3) is 1.03. The first kappa shape index (κ1) is 7.60. The molecule has 0 bridgehead atoms. The van der Waals surface area contributed by atoms with Crippen LogP contribution in [-0.2, 0) is 0 Å². The lowest BCUT2D eigenvalue weighted by Gasteiger charge is -2.26. The molecule has 1 aliphatic heterocycles. The van der Waals surface area contributed by atoms with Crippen molar-refractivity contribution in [3.8, 4) is 0 Å². The van der Waals surface area contributed by atoms with Crippen molar-refractivity contribution in [2.75, 3.05) is 0 Å². The maximum Gasteiger partial charge on any atom is 0.272 e. The van der Waals surface area contributed by atoms with Crippen molar-refractivity contribution in [3.63, 3.8) is 0 Å². The molecule has 1 rings (SSSR count). The highest BCUT2D eigenvalue weighted by Crippen LogP contribution is 2.41. The summed E-state index contributed by atoms with van der Waals surface area (Å²) in [5.41, 5.74) is -0.238. The molecule has 0 N–H and O–H groups in total. The van der Waals surface area contributed by atoms with Crippen LogP contribution < -0.4 is 0 Å². The number of nitrogens with zero attached hydrogens (tertiary/aromatic N) is 4. The van der Waals surface area contributed by atoms with E-state index in [2.05, 4.69) is 20.7 Å². The Labute approximate surface area is 64.4 Å². The van der Waals surface area contributed by atoms with E-state index < -0.39 is 5.12 Å². The van der Waals surface area contributed by atoms with Crippen molar-refractivity contribution in [1.29, 1.82) is 0 Å². The SMILES string of the molecule is CC(C)(C)C1(Cl)N=NN=N1. The highest BCUT2D eigenvalue weighted by atomic mass is 35.5. The quantitative estimate of drug-likeness (QED) is 0.387. The number of hydrogen-bond acceptors (Lipinski definition) is 4. The lowest BCUT2D eigenvalue weighted by molar-refractivity contribution is 0.287. The molecular weight excluding hydrogens is 152 g/mol. The molecule has 10 heavy (non-hydrogen) atoms. The van der Waals surface area contributed by atoms with Crippen molar-refractivity contribution in [1.82, 2.24) is 0 Å². The predicted octanol–water partition coefficient (Wildman–Crippen LogP) is 2.76. The first-order valence-corrected chi connectivity index (χ1v) is 3.36. The largest absolute Gasteiger partial charge is 0.272 e. The third-order valence-electron chi connectivity index (χ3n) is 1.35. The second kappa shape index (κ2) is 1.99. The maximum atomic E-state index is 5.93. The van der Waals surface area contributed by atoms with Gasteiger partial charge >= 0.3 is 0 Å². The van der Waals surface area contributed by atoms with Crippen LogP contribution in [-0.4, -0.2) is 5.12 Å². The van der Waals surface area contributed by atoms with Gasteiger partial charge in [-0.25, -0.2) is 0 Å². The van der Waals surface area contributed by atoms with E-state index >= 15 is 0 Å². The fourth-order valence-corrected chi connectivity index (χ4v) is 0.546. The van der Waals surface area contributed by atoms with Crippen LogP contribution in [0.5, 0.6) is 0 Å². The molecule has 0 aromatic carbocycles. The molecule has 0 saturated heterocycles. The Bertz CT molecular complexity index is 178. The molecule has 0 amide bonds. The lowest BCUT2D eigenvalue weighted by Crippen LogP contribution is -2.31. The van der Waals surface area contributed by atoms with E-state index in [9.17, 15) is 0 Å². The molecule has 56 valence electrons. The van der Waals surface area contributed by atoms with Crippen molar-refractivity contribution in [3.05, 3.63) is 0 Å². The number of halogens is 1. The Hall–Kier alpha value is -0.510. The molecule has 0 spiro atoms. The summed E-state index contributed by atoms with van der Waals surface area (Å²) in [6.45, 7) is 5.80. The van der Waals surface area contributed by atoms with E-state index in [1.165, 1.54) is 0 Å². The van der Waals surface area contributed by atoms with Gasteiger partial charge in [-0.3, -0.25) is 0 Å². The van der Waals surface area contributed by atoms with Crippen molar-refractivity contribution in [2.45, 2.75) is 25.9 Å². The summed E-state index contributed by atoms with van der Waals surface area (Å²) in [5, 5.41) is 13.1. The molecule has 4 nitrogen and oxygen atoms in total. The molecular formula is C5H9ClN4. The molecule has 0 radical (unpaired) electrons. The lowest BCUT2D eigenvalue weighted by atomic mass is 9.93. The topological polar surface area (TPSA) is 49.4 Å². The minimum absolute atomic E-state index is 0.238. The van der Waals surface area contributed by atoms with Gasteiger partial charge in [0, 0.05) is 5.41 Å². The standard InChI is InChI=1S/C5H9ClN4/c1-4(2,3)5(6)7-9-10-8-5/h1-3H3. The summed E-state index contributed by atoms with van der Waals surface area (Å²) in [6.07, 6.45) is 0. The van der Waals surface area contributed by atoms with E-state index in [1.54, 1.807) is 0 Å².